The number of halogens is 1. The highest BCUT2D eigenvalue weighted by Crippen LogP contribution is 2.39. The summed E-state index contributed by atoms with van der Waals surface area (Å²) in [4.78, 5) is 17.6. The lowest BCUT2D eigenvalue weighted by molar-refractivity contribution is 0.102. The zero-order valence-electron chi connectivity index (χ0n) is 12.0. The van der Waals surface area contributed by atoms with Crippen molar-refractivity contribution in [2.24, 2.45) is 0 Å². The fourth-order valence-electron chi connectivity index (χ4n) is 2.24. The van der Waals surface area contributed by atoms with E-state index in [1.54, 1.807) is 16.9 Å². The van der Waals surface area contributed by atoms with E-state index in [9.17, 15) is 4.79 Å². The summed E-state index contributed by atoms with van der Waals surface area (Å²) in [5.74, 6) is 1.34. The standard InChI is InChI=1S/C15H13ClN4O2S/c16-12-4-3-10(23-12)7-20-13(5-6-17-20)19-14(21)11-8-22-15(18-11)9-1-2-9/h3-6,8-9H,1-2,7H2,(H,19,21). The Morgan fingerprint density at radius 2 is 2.30 bits per heavy atom. The summed E-state index contributed by atoms with van der Waals surface area (Å²) >= 11 is 7.43. The average Bonchev–Trinajstić information content (AvgIpc) is 2.94. The Hall–Kier alpha value is -2.12. The third kappa shape index (κ3) is 3.16. The van der Waals surface area contributed by atoms with Gasteiger partial charge in [-0.1, -0.05) is 11.6 Å². The number of thiophene rings is 1. The molecule has 1 saturated carbocycles. The van der Waals surface area contributed by atoms with Gasteiger partial charge in [0, 0.05) is 16.9 Å². The van der Waals surface area contributed by atoms with Crippen LogP contribution in [0.4, 0.5) is 5.82 Å². The number of carbonyl (C=O) groups excluding carboxylic acids is 1. The number of amides is 1. The zero-order valence-corrected chi connectivity index (χ0v) is 13.6. The van der Waals surface area contributed by atoms with Gasteiger partial charge in [0.1, 0.15) is 12.1 Å². The number of hydrogen-bond acceptors (Lipinski definition) is 5. The Morgan fingerprint density at radius 1 is 1.43 bits per heavy atom. The van der Waals surface area contributed by atoms with Crippen LogP contribution < -0.4 is 5.32 Å². The molecule has 0 bridgehead atoms. The number of carbonyl (C=O) groups is 1. The number of rotatable bonds is 5. The highest BCUT2D eigenvalue weighted by molar-refractivity contribution is 7.16. The highest BCUT2D eigenvalue weighted by atomic mass is 35.5. The minimum Gasteiger partial charge on any atom is -0.448 e. The van der Waals surface area contributed by atoms with Crippen molar-refractivity contribution in [2.75, 3.05) is 5.32 Å². The van der Waals surface area contributed by atoms with Crippen LogP contribution in [0.5, 0.6) is 0 Å². The Kier molecular flexibility index (Phi) is 3.66. The molecule has 0 radical (unpaired) electrons. The molecule has 0 unspecified atom stereocenters. The van der Waals surface area contributed by atoms with Crippen molar-refractivity contribution in [3.05, 3.63) is 51.5 Å². The molecule has 0 saturated heterocycles. The molecule has 0 spiro atoms. The molecule has 1 aliphatic carbocycles. The lowest BCUT2D eigenvalue weighted by Gasteiger charge is -2.06. The first-order chi connectivity index (χ1) is 11.2. The lowest BCUT2D eigenvalue weighted by Crippen LogP contribution is -2.16. The van der Waals surface area contributed by atoms with Crippen molar-refractivity contribution in [2.45, 2.75) is 25.3 Å². The Balaban J connectivity index is 1.47. The molecule has 3 aromatic heterocycles. The number of anilines is 1. The van der Waals surface area contributed by atoms with Crippen molar-refractivity contribution >= 4 is 34.7 Å². The van der Waals surface area contributed by atoms with Crippen LogP contribution in [0, 0.1) is 0 Å². The van der Waals surface area contributed by atoms with Crippen LogP contribution in [0.3, 0.4) is 0 Å². The van der Waals surface area contributed by atoms with Crippen LogP contribution >= 0.6 is 22.9 Å². The summed E-state index contributed by atoms with van der Waals surface area (Å²) in [7, 11) is 0. The molecule has 0 atom stereocenters. The molecule has 1 amide bonds. The largest absolute Gasteiger partial charge is 0.448 e. The van der Waals surface area contributed by atoms with E-state index in [2.05, 4.69) is 15.4 Å². The van der Waals surface area contributed by atoms with E-state index in [1.807, 2.05) is 12.1 Å². The quantitative estimate of drug-likeness (QED) is 0.761. The van der Waals surface area contributed by atoms with Crippen molar-refractivity contribution in [1.82, 2.24) is 14.8 Å². The van der Waals surface area contributed by atoms with Crippen molar-refractivity contribution in [3.63, 3.8) is 0 Å². The molecule has 8 heteroatoms. The monoisotopic (exact) mass is 348 g/mol. The smallest absolute Gasteiger partial charge is 0.278 e. The topological polar surface area (TPSA) is 73.0 Å². The molecule has 4 rings (SSSR count). The van der Waals surface area contributed by atoms with Gasteiger partial charge in [0.25, 0.3) is 5.91 Å². The van der Waals surface area contributed by atoms with Crippen LogP contribution in [0.25, 0.3) is 0 Å². The first-order valence-corrected chi connectivity index (χ1v) is 8.41. The van der Waals surface area contributed by atoms with Gasteiger partial charge in [-0.25, -0.2) is 9.67 Å². The van der Waals surface area contributed by atoms with Gasteiger partial charge in [-0.3, -0.25) is 4.79 Å². The van der Waals surface area contributed by atoms with Crippen LogP contribution in [-0.2, 0) is 6.54 Å². The second kappa shape index (κ2) is 5.82. The van der Waals surface area contributed by atoms with Crippen LogP contribution in [0.1, 0.15) is 40.0 Å². The fraction of sp³-hybridized carbons (Fsp3) is 0.267. The average molecular weight is 349 g/mol. The summed E-state index contributed by atoms with van der Waals surface area (Å²) in [6, 6.07) is 5.53. The van der Waals surface area contributed by atoms with E-state index in [1.165, 1.54) is 17.6 Å². The fourth-order valence-corrected chi connectivity index (χ4v) is 3.31. The van der Waals surface area contributed by atoms with Gasteiger partial charge in [0.05, 0.1) is 17.1 Å². The van der Waals surface area contributed by atoms with E-state index in [0.29, 0.717) is 29.9 Å². The second-order valence-corrected chi connectivity index (χ2v) is 7.18. The second-order valence-electron chi connectivity index (χ2n) is 5.38. The van der Waals surface area contributed by atoms with Gasteiger partial charge in [-0.05, 0) is 25.0 Å². The molecular weight excluding hydrogens is 336 g/mol. The lowest BCUT2D eigenvalue weighted by atomic mass is 10.4. The van der Waals surface area contributed by atoms with Gasteiger partial charge >= 0.3 is 0 Å². The number of aromatic nitrogens is 3. The van der Waals surface area contributed by atoms with Crippen LogP contribution in [0.15, 0.2) is 35.1 Å². The normalized spacial score (nSPS) is 14.1. The molecule has 3 heterocycles. The number of nitrogens with one attached hydrogen (secondary N) is 1. The highest BCUT2D eigenvalue weighted by Gasteiger charge is 2.29. The van der Waals surface area contributed by atoms with Gasteiger partial charge in [-0.2, -0.15) is 5.10 Å². The first kappa shape index (κ1) is 14.5. The Bertz CT molecular complexity index is 849. The molecule has 1 N–H and O–H groups in total. The third-order valence-electron chi connectivity index (χ3n) is 3.57. The Labute approximate surface area is 141 Å². The van der Waals surface area contributed by atoms with Crippen molar-refractivity contribution in [1.29, 1.82) is 0 Å². The van der Waals surface area contributed by atoms with E-state index >= 15 is 0 Å². The molecule has 6 nitrogen and oxygen atoms in total. The van der Waals surface area contributed by atoms with E-state index < -0.39 is 0 Å². The molecule has 0 aromatic carbocycles. The molecule has 0 aliphatic heterocycles. The van der Waals surface area contributed by atoms with Gasteiger partial charge in [0.15, 0.2) is 11.6 Å². The summed E-state index contributed by atoms with van der Waals surface area (Å²) in [5, 5.41) is 7.05. The summed E-state index contributed by atoms with van der Waals surface area (Å²) in [6.45, 7) is 0.548. The number of oxazole rings is 1. The molecule has 1 fully saturated rings. The van der Waals surface area contributed by atoms with Crippen LogP contribution in [0.2, 0.25) is 4.34 Å². The maximum Gasteiger partial charge on any atom is 0.278 e. The van der Waals surface area contributed by atoms with Gasteiger partial charge in [-0.15, -0.1) is 11.3 Å². The molecule has 3 aromatic rings. The molecule has 23 heavy (non-hydrogen) atoms. The maximum atomic E-state index is 12.3. The van der Waals surface area contributed by atoms with E-state index in [-0.39, 0.29) is 5.91 Å². The van der Waals surface area contributed by atoms with Crippen molar-refractivity contribution < 1.29 is 9.21 Å². The van der Waals surface area contributed by atoms with E-state index in [4.69, 9.17) is 16.0 Å². The predicted octanol–water partition coefficient (Wildman–Crippen LogP) is 3.76. The molecule has 118 valence electrons. The number of hydrogen-bond donors (Lipinski definition) is 1. The van der Waals surface area contributed by atoms with Crippen molar-refractivity contribution in [3.8, 4) is 0 Å². The minimum absolute atomic E-state index is 0.291. The first-order valence-electron chi connectivity index (χ1n) is 7.22. The number of nitrogens with zero attached hydrogens (tertiary/aromatic N) is 3. The molecule has 1 aliphatic rings. The maximum absolute atomic E-state index is 12.3. The SMILES string of the molecule is O=C(Nc1ccnn1Cc1ccc(Cl)s1)c1coc(C2CC2)n1. The summed E-state index contributed by atoms with van der Waals surface area (Å²) in [6.07, 6.45) is 5.21. The zero-order chi connectivity index (χ0) is 15.8. The third-order valence-corrected chi connectivity index (χ3v) is 4.79. The molecular formula is C15H13ClN4O2S. The Morgan fingerprint density at radius 3 is 3.04 bits per heavy atom. The van der Waals surface area contributed by atoms with Crippen LogP contribution in [-0.4, -0.2) is 20.7 Å². The minimum atomic E-state index is -0.299. The summed E-state index contributed by atoms with van der Waals surface area (Å²) in [5.41, 5.74) is 0.291. The van der Waals surface area contributed by atoms with Gasteiger partial charge < -0.3 is 9.73 Å². The van der Waals surface area contributed by atoms with E-state index in [0.717, 1.165) is 22.1 Å². The predicted molar refractivity (Wildman–Crippen MR) is 87.1 cm³/mol. The van der Waals surface area contributed by atoms with Gasteiger partial charge in [0.2, 0.25) is 0 Å². The summed E-state index contributed by atoms with van der Waals surface area (Å²) < 4.78 is 7.79.